The van der Waals surface area contributed by atoms with Crippen LogP contribution in [0.25, 0.3) is 0 Å². The highest BCUT2D eigenvalue weighted by Crippen LogP contribution is 2.29. The Morgan fingerprint density at radius 3 is 1.48 bits per heavy atom. The molecular formula is C22H44O5. The summed E-state index contributed by atoms with van der Waals surface area (Å²) in [5.74, 6) is -2.25. The number of aliphatic carboxylic acids is 1. The SMILES string of the molecule is CCC(O)C(CCCCCCCCCCCCCO)C(C(=O)O)C(O)CC. The topological polar surface area (TPSA) is 98.0 Å². The molecule has 0 aromatic heterocycles. The van der Waals surface area contributed by atoms with E-state index in [2.05, 4.69) is 0 Å². The average Bonchev–Trinajstić information content (AvgIpc) is 2.66. The standard InChI is InChI=1S/C22H44O5/c1-3-19(24)18(21(22(26)27)20(25)4-2)16-14-12-10-8-6-5-7-9-11-13-15-17-23/h18-21,23-25H,3-17H2,1-2H3,(H,26,27). The summed E-state index contributed by atoms with van der Waals surface area (Å²) in [6.07, 6.45) is 12.6. The zero-order chi connectivity index (χ0) is 20.5. The third-order valence-corrected chi connectivity index (χ3v) is 5.69. The van der Waals surface area contributed by atoms with Crippen LogP contribution in [0.4, 0.5) is 0 Å². The van der Waals surface area contributed by atoms with Crippen molar-refractivity contribution in [3.63, 3.8) is 0 Å². The van der Waals surface area contributed by atoms with Crippen molar-refractivity contribution in [3.05, 3.63) is 0 Å². The highest BCUT2D eigenvalue weighted by molar-refractivity contribution is 5.71. The lowest BCUT2D eigenvalue weighted by Crippen LogP contribution is -2.40. The Morgan fingerprint density at radius 2 is 1.11 bits per heavy atom. The second kappa shape index (κ2) is 17.4. The Labute approximate surface area is 166 Å². The number of carboxylic acids is 1. The van der Waals surface area contributed by atoms with Crippen LogP contribution >= 0.6 is 0 Å². The summed E-state index contributed by atoms with van der Waals surface area (Å²) in [6.45, 7) is 3.95. The van der Waals surface area contributed by atoms with E-state index in [4.69, 9.17) is 5.11 Å². The van der Waals surface area contributed by atoms with Crippen molar-refractivity contribution in [2.75, 3.05) is 6.61 Å². The Morgan fingerprint density at radius 1 is 0.704 bits per heavy atom. The molecule has 0 bridgehead atoms. The summed E-state index contributed by atoms with van der Waals surface area (Å²) in [5, 5.41) is 38.6. The quantitative estimate of drug-likeness (QED) is 0.244. The predicted octanol–water partition coefficient (Wildman–Crippen LogP) is 4.52. The van der Waals surface area contributed by atoms with Crippen molar-refractivity contribution in [1.82, 2.24) is 0 Å². The van der Waals surface area contributed by atoms with Crippen LogP contribution in [0.5, 0.6) is 0 Å². The maximum atomic E-state index is 11.6. The van der Waals surface area contributed by atoms with E-state index >= 15 is 0 Å². The third-order valence-electron chi connectivity index (χ3n) is 5.69. The maximum Gasteiger partial charge on any atom is 0.309 e. The number of aliphatic hydroxyl groups is 3. The second-order valence-corrected chi connectivity index (χ2v) is 7.88. The van der Waals surface area contributed by atoms with E-state index in [0.717, 1.165) is 32.1 Å². The van der Waals surface area contributed by atoms with Crippen LogP contribution in [0, 0.1) is 11.8 Å². The van der Waals surface area contributed by atoms with E-state index in [1.165, 1.54) is 38.5 Å². The first-order valence-corrected chi connectivity index (χ1v) is 11.2. The molecule has 0 aromatic rings. The van der Waals surface area contributed by atoms with E-state index < -0.39 is 24.1 Å². The number of unbranched alkanes of at least 4 members (excludes halogenated alkanes) is 10. The largest absolute Gasteiger partial charge is 0.481 e. The molecule has 0 aliphatic carbocycles. The van der Waals surface area contributed by atoms with E-state index in [9.17, 15) is 20.1 Å². The van der Waals surface area contributed by atoms with Gasteiger partial charge in [-0.1, -0.05) is 78.1 Å². The zero-order valence-corrected chi connectivity index (χ0v) is 17.6. The summed E-state index contributed by atoms with van der Waals surface area (Å²) in [7, 11) is 0. The van der Waals surface area contributed by atoms with Gasteiger partial charge in [0.1, 0.15) is 0 Å². The number of hydrogen-bond donors (Lipinski definition) is 4. The van der Waals surface area contributed by atoms with Crippen LogP contribution in [0.2, 0.25) is 0 Å². The van der Waals surface area contributed by atoms with Gasteiger partial charge < -0.3 is 20.4 Å². The van der Waals surface area contributed by atoms with Gasteiger partial charge in [-0.05, 0) is 25.7 Å². The Bertz CT molecular complexity index is 348. The molecule has 0 spiro atoms. The molecule has 0 saturated carbocycles. The van der Waals surface area contributed by atoms with Gasteiger partial charge >= 0.3 is 5.97 Å². The summed E-state index contributed by atoms with van der Waals surface area (Å²) in [4.78, 5) is 11.6. The molecule has 0 amide bonds. The smallest absolute Gasteiger partial charge is 0.309 e. The van der Waals surface area contributed by atoms with E-state index in [1.54, 1.807) is 6.92 Å². The van der Waals surface area contributed by atoms with Crippen LogP contribution in [0.1, 0.15) is 104 Å². The van der Waals surface area contributed by atoms with Crippen LogP contribution < -0.4 is 0 Å². The third kappa shape index (κ3) is 12.4. The fourth-order valence-corrected chi connectivity index (χ4v) is 3.88. The number of aliphatic hydroxyl groups excluding tert-OH is 3. The van der Waals surface area contributed by atoms with Crippen LogP contribution in [-0.2, 0) is 4.79 Å². The van der Waals surface area contributed by atoms with Gasteiger partial charge in [0.2, 0.25) is 0 Å². The normalized spacial score (nSPS) is 16.0. The van der Waals surface area contributed by atoms with Crippen molar-refractivity contribution in [2.24, 2.45) is 11.8 Å². The summed E-state index contributed by atoms with van der Waals surface area (Å²) < 4.78 is 0. The van der Waals surface area contributed by atoms with E-state index in [1.807, 2.05) is 6.92 Å². The summed E-state index contributed by atoms with van der Waals surface area (Å²) >= 11 is 0. The van der Waals surface area contributed by atoms with Crippen LogP contribution in [0.3, 0.4) is 0 Å². The summed E-state index contributed by atoms with van der Waals surface area (Å²) in [6, 6.07) is 0. The Kier molecular flexibility index (Phi) is 17.0. The van der Waals surface area contributed by atoms with Gasteiger partial charge in [0.05, 0.1) is 18.1 Å². The Hall–Kier alpha value is -0.650. The first-order chi connectivity index (χ1) is 13.0. The fraction of sp³-hybridized carbons (Fsp3) is 0.955. The maximum absolute atomic E-state index is 11.6. The fourth-order valence-electron chi connectivity index (χ4n) is 3.88. The average molecular weight is 389 g/mol. The van der Waals surface area contributed by atoms with Gasteiger partial charge in [0.25, 0.3) is 0 Å². The molecule has 4 unspecified atom stereocenters. The molecule has 0 aliphatic heterocycles. The van der Waals surface area contributed by atoms with E-state index in [-0.39, 0.29) is 5.92 Å². The van der Waals surface area contributed by atoms with Crippen molar-refractivity contribution in [2.45, 2.75) is 116 Å². The minimum atomic E-state index is -0.999. The van der Waals surface area contributed by atoms with Gasteiger partial charge in [-0.2, -0.15) is 0 Å². The predicted molar refractivity (Wildman–Crippen MR) is 110 cm³/mol. The number of rotatable bonds is 19. The molecular weight excluding hydrogens is 344 g/mol. The highest BCUT2D eigenvalue weighted by atomic mass is 16.4. The van der Waals surface area contributed by atoms with E-state index in [0.29, 0.717) is 25.9 Å². The zero-order valence-electron chi connectivity index (χ0n) is 17.6. The second-order valence-electron chi connectivity index (χ2n) is 7.88. The van der Waals surface area contributed by atoms with Crippen LogP contribution in [0.15, 0.2) is 0 Å². The molecule has 0 fully saturated rings. The van der Waals surface area contributed by atoms with Gasteiger partial charge in [0.15, 0.2) is 0 Å². The first-order valence-electron chi connectivity index (χ1n) is 11.2. The minimum Gasteiger partial charge on any atom is -0.481 e. The lowest BCUT2D eigenvalue weighted by molar-refractivity contribution is -0.151. The molecule has 5 heteroatoms. The molecule has 162 valence electrons. The molecule has 0 radical (unpaired) electrons. The first kappa shape index (κ1) is 26.4. The molecule has 0 rings (SSSR count). The van der Waals surface area contributed by atoms with Crippen molar-refractivity contribution in [3.8, 4) is 0 Å². The molecule has 27 heavy (non-hydrogen) atoms. The van der Waals surface area contributed by atoms with Gasteiger partial charge in [-0.25, -0.2) is 0 Å². The van der Waals surface area contributed by atoms with Gasteiger partial charge in [-0.3, -0.25) is 4.79 Å². The molecule has 4 atom stereocenters. The van der Waals surface area contributed by atoms with Crippen molar-refractivity contribution in [1.29, 1.82) is 0 Å². The lowest BCUT2D eigenvalue weighted by Gasteiger charge is -2.30. The molecule has 5 nitrogen and oxygen atoms in total. The lowest BCUT2D eigenvalue weighted by atomic mass is 9.78. The Balaban J connectivity index is 3.99. The number of carboxylic acid groups (broad SMARTS) is 1. The van der Waals surface area contributed by atoms with Gasteiger partial charge in [0, 0.05) is 12.5 Å². The monoisotopic (exact) mass is 388 g/mol. The van der Waals surface area contributed by atoms with Crippen molar-refractivity contribution >= 4 is 5.97 Å². The van der Waals surface area contributed by atoms with Crippen molar-refractivity contribution < 1.29 is 25.2 Å². The number of hydrogen-bond acceptors (Lipinski definition) is 4. The van der Waals surface area contributed by atoms with Crippen LogP contribution in [-0.4, -0.2) is 45.2 Å². The molecule has 0 saturated heterocycles. The van der Waals surface area contributed by atoms with Gasteiger partial charge in [-0.15, -0.1) is 0 Å². The molecule has 0 heterocycles. The molecule has 0 aliphatic rings. The summed E-state index contributed by atoms with van der Waals surface area (Å²) in [5.41, 5.74) is 0. The minimum absolute atomic E-state index is 0.306. The molecule has 0 aromatic carbocycles. The highest BCUT2D eigenvalue weighted by Gasteiger charge is 2.36. The number of carbonyl (C=O) groups is 1. The molecule has 4 N–H and O–H groups in total.